The molecule has 0 aliphatic carbocycles. The molecule has 0 amide bonds. The van der Waals surface area contributed by atoms with Gasteiger partial charge in [0.1, 0.15) is 11.5 Å². The first kappa shape index (κ1) is 7.52. The highest BCUT2D eigenvalue weighted by Crippen LogP contribution is 2.37. The summed E-state index contributed by atoms with van der Waals surface area (Å²) in [7, 11) is 0. The van der Waals surface area contributed by atoms with Crippen molar-refractivity contribution in [1.29, 1.82) is 0 Å². The first-order valence-electron chi connectivity index (χ1n) is 3.81. The smallest absolute Gasteiger partial charge is 0.289 e. The Balaban J connectivity index is 2.51. The lowest BCUT2D eigenvalue weighted by Gasteiger charge is -2.22. The molecule has 1 aromatic rings. The Morgan fingerprint density at radius 3 is 3.00 bits per heavy atom. The van der Waals surface area contributed by atoms with Crippen molar-refractivity contribution in [3.63, 3.8) is 0 Å². The Morgan fingerprint density at radius 2 is 2.33 bits per heavy atom. The van der Waals surface area contributed by atoms with E-state index < -0.39 is 5.92 Å². The Morgan fingerprint density at radius 1 is 1.58 bits per heavy atom. The maximum absolute atomic E-state index is 13.1. The van der Waals surface area contributed by atoms with E-state index in [0.717, 1.165) is 0 Å². The number of nitrogens with two attached hydrogens (primary N) is 1. The molecule has 0 aromatic carbocycles. The zero-order valence-electron chi connectivity index (χ0n) is 6.43. The fourth-order valence-electron chi connectivity index (χ4n) is 1.48. The monoisotopic (exact) mass is 173 g/mol. The van der Waals surface area contributed by atoms with Gasteiger partial charge in [-0.25, -0.2) is 0 Å². The lowest BCUT2D eigenvalue weighted by atomic mass is 10.1. The zero-order valence-corrected chi connectivity index (χ0v) is 6.43. The fourth-order valence-corrected chi connectivity index (χ4v) is 1.48. The third kappa shape index (κ3) is 0.964. The molecule has 0 fully saturated rings. The van der Waals surface area contributed by atoms with Gasteiger partial charge in [0.2, 0.25) is 0 Å². The zero-order chi connectivity index (χ0) is 8.77. The number of halogens is 2. The molecule has 0 bridgehead atoms. The second-order valence-electron chi connectivity index (χ2n) is 2.99. The van der Waals surface area contributed by atoms with Crippen molar-refractivity contribution >= 4 is 5.82 Å². The number of aryl methyl sites for hydroxylation is 1. The van der Waals surface area contributed by atoms with Crippen molar-refractivity contribution in [3.8, 4) is 0 Å². The van der Waals surface area contributed by atoms with E-state index in [-0.39, 0.29) is 17.9 Å². The van der Waals surface area contributed by atoms with E-state index in [0.29, 0.717) is 13.0 Å². The highest BCUT2D eigenvalue weighted by molar-refractivity contribution is 5.32. The van der Waals surface area contributed by atoms with E-state index in [1.165, 1.54) is 10.7 Å². The second-order valence-corrected chi connectivity index (χ2v) is 2.99. The molecular formula is C7H9F2N3. The minimum atomic E-state index is -2.75. The van der Waals surface area contributed by atoms with Crippen molar-refractivity contribution in [2.24, 2.45) is 0 Å². The maximum atomic E-state index is 13.1. The van der Waals surface area contributed by atoms with E-state index in [1.807, 2.05) is 0 Å². The predicted molar refractivity (Wildman–Crippen MR) is 39.8 cm³/mol. The highest BCUT2D eigenvalue weighted by atomic mass is 19.3. The molecule has 2 N–H and O–H groups in total. The number of aromatic nitrogens is 2. The van der Waals surface area contributed by atoms with Crippen molar-refractivity contribution < 1.29 is 8.78 Å². The third-order valence-electron chi connectivity index (χ3n) is 2.03. The van der Waals surface area contributed by atoms with Gasteiger partial charge < -0.3 is 5.73 Å². The summed E-state index contributed by atoms with van der Waals surface area (Å²) in [6.45, 7) is 0.544. The van der Waals surface area contributed by atoms with E-state index in [9.17, 15) is 8.78 Å². The molecule has 5 heteroatoms. The van der Waals surface area contributed by atoms with Gasteiger partial charge in [0.25, 0.3) is 5.92 Å². The summed E-state index contributed by atoms with van der Waals surface area (Å²) in [4.78, 5) is 0. The Labute approximate surface area is 68.2 Å². The van der Waals surface area contributed by atoms with E-state index in [1.54, 1.807) is 0 Å². The van der Waals surface area contributed by atoms with E-state index in [4.69, 9.17) is 5.73 Å². The first-order chi connectivity index (χ1) is 5.59. The normalized spacial score (nSPS) is 20.5. The van der Waals surface area contributed by atoms with Gasteiger partial charge in [-0.15, -0.1) is 0 Å². The molecule has 0 saturated heterocycles. The van der Waals surface area contributed by atoms with Crippen molar-refractivity contribution in [2.75, 3.05) is 5.73 Å². The van der Waals surface area contributed by atoms with Gasteiger partial charge in [-0.05, 0) is 6.42 Å². The van der Waals surface area contributed by atoms with Crippen LogP contribution in [0.3, 0.4) is 0 Å². The SMILES string of the molecule is Nc1cc2n(n1)CCCC2(F)F. The Kier molecular flexibility index (Phi) is 1.37. The number of fused-ring (bicyclic) bond motifs is 1. The van der Waals surface area contributed by atoms with E-state index in [2.05, 4.69) is 5.10 Å². The molecule has 0 atom stereocenters. The molecule has 1 aliphatic rings. The summed E-state index contributed by atoms with van der Waals surface area (Å²) >= 11 is 0. The van der Waals surface area contributed by atoms with Crippen LogP contribution in [-0.2, 0) is 12.5 Å². The third-order valence-corrected chi connectivity index (χ3v) is 2.03. The van der Waals surface area contributed by atoms with Gasteiger partial charge in [0.15, 0.2) is 0 Å². The number of anilines is 1. The molecule has 1 aliphatic heterocycles. The van der Waals surface area contributed by atoms with Crippen molar-refractivity contribution in [2.45, 2.75) is 25.3 Å². The number of hydrogen-bond donors (Lipinski definition) is 1. The van der Waals surface area contributed by atoms with Crippen LogP contribution in [-0.4, -0.2) is 9.78 Å². The molecule has 1 aromatic heterocycles. The van der Waals surface area contributed by atoms with Crippen LogP contribution in [0.4, 0.5) is 14.6 Å². The predicted octanol–water partition coefficient (Wildman–Crippen LogP) is 1.35. The van der Waals surface area contributed by atoms with Crippen LogP contribution in [0.5, 0.6) is 0 Å². The Hall–Kier alpha value is -1.13. The molecular weight excluding hydrogens is 164 g/mol. The number of nitrogens with zero attached hydrogens (tertiary/aromatic N) is 2. The summed E-state index contributed by atoms with van der Waals surface area (Å²) in [6.07, 6.45) is 0.360. The van der Waals surface area contributed by atoms with Crippen molar-refractivity contribution in [3.05, 3.63) is 11.8 Å². The van der Waals surface area contributed by atoms with Crippen LogP contribution < -0.4 is 5.73 Å². The largest absolute Gasteiger partial charge is 0.382 e. The molecule has 2 heterocycles. The molecule has 12 heavy (non-hydrogen) atoms. The quantitative estimate of drug-likeness (QED) is 0.643. The summed E-state index contributed by atoms with van der Waals surface area (Å²) in [5.41, 5.74) is 5.26. The molecule has 0 spiro atoms. The topological polar surface area (TPSA) is 43.8 Å². The summed E-state index contributed by atoms with van der Waals surface area (Å²) in [5.74, 6) is -2.57. The van der Waals surface area contributed by atoms with Gasteiger partial charge >= 0.3 is 0 Å². The number of hydrogen-bond acceptors (Lipinski definition) is 2. The van der Waals surface area contributed by atoms with Crippen LogP contribution in [0.2, 0.25) is 0 Å². The number of nitrogen functional groups attached to an aromatic ring is 1. The fraction of sp³-hybridized carbons (Fsp3) is 0.571. The molecule has 0 radical (unpaired) electrons. The molecule has 66 valence electrons. The maximum Gasteiger partial charge on any atom is 0.289 e. The molecule has 0 unspecified atom stereocenters. The van der Waals surface area contributed by atoms with Crippen LogP contribution >= 0.6 is 0 Å². The van der Waals surface area contributed by atoms with Crippen molar-refractivity contribution in [1.82, 2.24) is 9.78 Å². The average molecular weight is 173 g/mol. The lowest BCUT2D eigenvalue weighted by molar-refractivity contribution is -0.0364. The van der Waals surface area contributed by atoms with Gasteiger partial charge in [-0.2, -0.15) is 13.9 Å². The van der Waals surface area contributed by atoms with Gasteiger partial charge in [-0.1, -0.05) is 0 Å². The summed E-state index contributed by atoms with van der Waals surface area (Å²) in [5, 5.41) is 3.76. The molecule has 3 nitrogen and oxygen atoms in total. The van der Waals surface area contributed by atoms with Crippen LogP contribution in [0, 0.1) is 0 Å². The van der Waals surface area contributed by atoms with Crippen LogP contribution in [0.25, 0.3) is 0 Å². The van der Waals surface area contributed by atoms with Crippen LogP contribution in [0.15, 0.2) is 6.07 Å². The van der Waals surface area contributed by atoms with Gasteiger partial charge in [0, 0.05) is 19.0 Å². The van der Waals surface area contributed by atoms with Gasteiger partial charge in [0.05, 0.1) is 0 Å². The first-order valence-corrected chi connectivity index (χ1v) is 3.81. The second kappa shape index (κ2) is 2.18. The number of alkyl halides is 2. The van der Waals surface area contributed by atoms with Crippen LogP contribution in [0.1, 0.15) is 18.5 Å². The van der Waals surface area contributed by atoms with Gasteiger partial charge in [-0.3, -0.25) is 4.68 Å². The minimum absolute atomic E-state index is 0.0498. The summed E-state index contributed by atoms with van der Waals surface area (Å²) < 4.78 is 27.5. The molecule has 2 rings (SSSR count). The highest BCUT2D eigenvalue weighted by Gasteiger charge is 2.38. The standard InChI is InChI=1S/C7H9F2N3/c8-7(9)2-1-3-12-5(7)4-6(10)11-12/h4H,1-3H2,(H2,10,11). The lowest BCUT2D eigenvalue weighted by Crippen LogP contribution is -2.25. The van der Waals surface area contributed by atoms with E-state index >= 15 is 0 Å². The average Bonchev–Trinajstić information content (AvgIpc) is 2.30. The minimum Gasteiger partial charge on any atom is -0.382 e. The number of rotatable bonds is 0. The Bertz CT molecular complexity index is 306. The molecule has 0 saturated carbocycles. The summed E-state index contributed by atoms with van der Waals surface area (Å²) in [6, 6.07) is 1.25.